The van der Waals surface area contributed by atoms with Crippen LogP contribution >= 0.6 is 0 Å². The van der Waals surface area contributed by atoms with Crippen molar-refractivity contribution < 1.29 is 4.74 Å². The first-order chi connectivity index (χ1) is 8.65. The fraction of sp³-hybridized carbons (Fsp3) is 0.643. The van der Waals surface area contributed by atoms with Crippen LogP contribution in [-0.2, 0) is 0 Å². The molecule has 1 rings (SSSR count). The summed E-state index contributed by atoms with van der Waals surface area (Å²) in [5, 5.41) is 7.95. The van der Waals surface area contributed by atoms with Crippen LogP contribution in [0.4, 0.5) is 0 Å². The van der Waals surface area contributed by atoms with Crippen molar-refractivity contribution in [3.05, 3.63) is 24.5 Å². The first-order valence-electron chi connectivity index (χ1n) is 6.61. The molecule has 1 aromatic rings. The number of nitrogens with one attached hydrogen (secondary N) is 1. The third-order valence-corrected chi connectivity index (χ3v) is 2.88. The van der Waals surface area contributed by atoms with Crippen LogP contribution in [0.2, 0.25) is 0 Å². The molecule has 0 aliphatic rings. The zero-order valence-corrected chi connectivity index (χ0v) is 11.9. The molecule has 0 fully saturated rings. The van der Waals surface area contributed by atoms with Gasteiger partial charge in [0.05, 0.1) is 25.0 Å². The van der Waals surface area contributed by atoms with Crippen LogP contribution in [-0.4, -0.2) is 23.4 Å². The van der Waals surface area contributed by atoms with Crippen molar-refractivity contribution in [1.82, 2.24) is 15.1 Å². The van der Waals surface area contributed by atoms with E-state index in [1.54, 1.807) is 13.3 Å². The Labute approximate surface area is 110 Å². The molecule has 1 aromatic heterocycles. The first-order valence-corrected chi connectivity index (χ1v) is 6.61. The van der Waals surface area contributed by atoms with Crippen LogP contribution < -0.4 is 10.1 Å². The maximum Gasteiger partial charge on any atom is 0.161 e. The summed E-state index contributed by atoms with van der Waals surface area (Å²) < 4.78 is 7.45. The molecule has 0 saturated heterocycles. The molecule has 0 bridgehead atoms. The van der Waals surface area contributed by atoms with E-state index in [4.69, 9.17) is 4.74 Å². The van der Waals surface area contributed by atoms with Crippen molar-refractivity contribution in [2.75, 3.05) is 13.7 Å². The van der Waals surface area contributed by atoms with E-state index in [1.165, 1.54) is 0 Å². The number of methoxy groups -OCH3 is 1. The van der Waals surface area contributed by atoms with Crippen molar-refractivity contribution in [3.63, 3.8) is 0 Å². The quantitative estimate of drug-likeness (QED) is 0.722. The van der Waals surface area contributed by atoms with Crippen LogP contribution in [0.1, 0.15) is 51.4 Å². The summed E-state index contributed by atoms with van der Waals surface area (Å²) in [6.07, 6.45) is 5.70. The lowest BCUT2D eigenvalue weighted by atomic mass is 10.1. The summed E-state index contributed by atoms with van der Waals surface area (Å²) in [6, 6.07) is 0.530. The molecule has 18 heavy (non-hydrogen) atoms. The van der Waals surface area contributed by atoms with Gasteiger partial charge in [0.1, 0.15) is 0 Å². The van der Waals surface area contributed by atoms with Crippen LogP contribution in [0.25, 0.3) is 0 Å². The molecule has 4 nitrogen and oxygen atoms in total. The van der Waals surface area contributed by atoms with Crippen molar-refractivity contribution in [1.29, 1.82) is 0 Å². The van der Waals surface area contributed by atoms with E-state index in [2.05, 4.69) is 37.8 Å². The monoisotopic (exact) mass is 251 g/mol. The summed E-state index contributed by atoms with van der Waals surface area (Å²) in [7, 11) is 1.69. The number of aromatic nitrogens is 2. The lowest BCUT2D eigenvalue weighted by Crippen LogP contribution is -2.25. The van der Waals surface area contributed by atoms with Crippen LogP contribution in [0.3, 0.4) is 0 Å². The molecule has 1 heterocycles. The highest BCUT2D eigenvalue weighted by Crippen LogP contribution is 2.29. The van der Waals surface area contributed by atoms with Crippen LogP contribution in [0.15, 0.2) is 18.9 Å². The molecule has 0 radical (unpaired) electrons. The van der Waals surface area contributed by atoms with Crippen molar-refractivity contribution in [2.24, 2.45) is 0 Å². The summed E-state index contributed by atoms with van der Waals surface area (Å²) in [6.45, 7) is 11.2. The van der Waals surface area contributed by atoms with Gasteiger partial charge in [-0.05, 0) is 33.2 Å². The minimum absolute atomic E-state index is 0.210. The third-order valence-electron chi connectivity index (χ3n) is 2.88. The summed E-state index contributed by atoms with van der Waals surface area (Å²) in [4.78, 5) is 0. The number of hydrogen-bond donors (Lipinski definition) is 1. The van der Waals surface area contributed by atoms with Crippen LogP contribution in [0.5, 0.6) is 5.75 Å². The van der Waals surface area contributed by atoms with Gasteiger partial charge < -0.3 is 10.1 Å². The molecule has 0 aliphatic carbocycles. The van der Waals surface area contributed by atoms with Gasteiger partial charge in [-0.1, -0.05) is 13.0 Å². The van der Waals surface area contributed by atoms with Crippen molar-refractivity contribution >= 4 is 0 Å². The standard InChI is InChI=1S/C14H25N3O/c1-6-8-12(15-9-7-2)14-13(18-5)10-16-17(14)11(3)4/h6,10-12,15H,1,7-9H2,2-5H3. The average Bonchev–Trinajstić information content (AvgIpc) is 2.78. The van der Waals surface area contributed by atoms with Gasteiger partial charge in [0, 0.05) is 6.04 Å². The first kappa shape index (κ1) is 14.8. The van der Waals surface area contributed by atoms with Crippen molar-refractivity contribution in [2.45, 2.75) is 45.7 Å². The number of rotatable bonds is 8. The molecule has 1 unspecified atom stereocenters. The molecule has 0 aliphatic heterocycles. The number of hydrogen-bond acceptors (Lipinski definition) is 3. The molecule has 102 valence electrons. The maximum atomic E-state index is 5.43. The zero-order valence-electron chi connectivity index (χ0n) is 11.9. The summed E-state index contributed by atoms with van der Waals surface area (Å²) in [5.41, 5.74) is 1.11. The molecule has 0 saturated carbocycles. The molecule has 1 N–H and O–H groups in total. The molecule has 1 atom stereocenters. The minimum Gasteiger partial charge on any atom is -0.493 e. The normalized spacial score (nSPS) is 12.7. The average molecular weight is 251 g/mol. The van der Waals surface area contributed by atoms with E-state index < -0.39 is 0 Å². The Balaban J connectivity index is 3.06. The Hall–Kier alpha value is -1.29. The topological polar surface area (TPSA) is 39.1 Å². The summed E-state index contributed by atoms with van der Waals surface area (Å²) in [5.74, 6) is 0.846. The Morgan fingerprint density at radius 2 is 2.28 bits per heavy atom. The predicted octanol–water partition coefficient (Wildman–Crippen LogP) is 3.09. The maximum absolute atomic E-state index is 5.43. The van der Waals surface area contributed by atoms with E-state index in [9.17, 15) is 0 Å². The van der Waals surface area contributed by atoms with Gasteiger partial charge in [0.2, 0.25) is 0 Å². The van der Waals surface area contributed by atoms with E-state index >= 15 is 0 Å². The van der Waals surface area contributed by atoms with E-state index in [-0.39, 0.29) is 6.04 Å². The molecule has 0 aromatic carbocycles. The molecule has 0 spiro atoms. The van der Waals surface area contributed by atoms with Gasteiger partial charge in [0.15, 0.2) is 5.75 Å². The predicted molar refractivity (Wildman–Crippen MR) is 75.0 cm³/mol. The fourth-order valence-electron chi connectivity index (χ4n) is 2.03. The van der Waals surface area contributed by atoms with Gasteiger partial charge in [-0.15, -0.1) is 6.58 Å². The highest BCUT2D eigenvalue weighted by Gasteiger charge is 2.21. The van der Waals surface area contributed by atoms with Gasteiger partial charge in [-0.2, -0.15) is 5.10 Å². The molecular weight excluding hydrogens is 226 g/mol. The van der Waals surface area contributed by atoms with E-state index in [0.717, 1.165) is 30.8 Å². The zero-order chi connectivity index (χ0) is 13.5. The third kappa shape index (κ3) is 3.35. The van der Waals surface area contributed by atoms with E-state index in [1.807, 2.05) is 10.8 Å². The molecular formula is C14H25N3O. The molecule has 0 amide bonds. The second-order valence-corrected chi connectivity index (χ2v) is 4.67. The Kier molecular flexibility index (Phi) is 5.92. The van der Waals surface area contributed by atoms with Gasteiger partial charge in [0.25, 0.3) is 0 Å². The molecule has 4 heteroatoms. The lowest BCUT2D eigenvalue weighted by Gasteiger charge is -2.21. The minimum atomic E-state index is 0.210. The van der Waals surface area contributed by atoms with Gasteiger partial charge in [-0.3, -0.25) is 4.68 Å². The summed E-state index contributed by atoms with van der Waals surface area (Å²) >= 11 is 0. The smallest absolute Gasteiger partial charge is 0.161 e. The SMILES string of the molecule is C=CCC(NCCC)c1c(OC)cnn1C(C)C. The Bertz CT molecular complexity index is 371. The number of nitrogens with zero attached hydrogens (tertiary/aromatic N) is 2. The highest BCUT2D eigenvalue weighted by molar-refractivity contribution is 5.29. The highest BCUT2D eigenvalue weighted by atomic mass is 16.5. The van der Waals surface area contributed by atoms with Gasteiger partial charge in [-0.25, -0.2) is 0 Å². The second-order valence-electron chi connectivity index (χ2n) is 4.67. The van der Waals surface area contributed by atoms with Gasteiger partial charge >= 0.3 is 0 Å². The largest absolute Gasteiger partial charge is 0.493 e. The fourth-order valence-corrected chi connectivity index (χ4v) is 2.03. The van der Waals surface area contributed by atoms with Crippen LogP contribution in [0, 0.1) is 0 Å². The Morgan fingerprint density at radius 1 is 1.56 bits per heavy atom. The Morgan fingerprint density at radius 3 is 2.78 bits per heavy atom. The second kappa shape index (κ2) is 7.21. The van der Waals surface area contributed by atoms with E-state index in [0.29, 0.717) is 6.04 Å². The number of ether oxygens (including phenoxy) is 1. The van der Waals surface area contributed by atoms with Crippen molar-refractivity contribution in [3.8, 4) is 5.75 Å². The lowest BCUT2D eigenvalue weighted by molar-refractivity contribution is 0.383.